The second kappa shape index (κ2) is 6.71. The van der Waals surface area contributed by atoms with E-state index in [2.05, 4.69) is 20.5 Å². The number of carbonyl (C=O) groups is 1. The van der Waals surface area contributed by atoms with Crippen LogP contribution in [0.15, 0.2) is 61.1 Å². The van der Waals surface area contributed by atoms with Crippen LogP contribution in [0.5, 0.6) is 0 Å². The monoisotopic (exact) mass is 362 g/mol. The van der Waals surface area contributed by atoms with Crippen LogP contribution in [0, 0.1) is 10.1 Å². The summed E-state index contributed by atoms with van der Waals surface area (Å²) >= 11 is 0. The Labute approximate surface area is 152 Å². The molecule has 27 heavy (non-hydrogen) atoms. The van der Waals surface area contributed by atoms with Crippen LogP contribution in [0.3, 0.4) is 0 Å². The van der Waals surface area contributed by atoms with E-state index in [1.165, 1.54) is 18.5 Å². The molecule has 0 aliphatic carbocycles. The first-order chi connectivity index (χ1) is 13.1. The van der Waals surface area contributed by atoms with Gasteiger partial charge in [-0.05, 0) is 36.4 Å². The van der Waals surface area contributed by atoms with E-state index in [4.69, 9.17) is 0 Å². The minimum atomic E-state index is -0.439. The van der Waals surface area contributed by atoms with Crippen LogP contribution in [0.4, 0.5) is 11.4 Å². The van der Waals surface area contributed by atoms with Gasteiger partial charge >= 0.3 is 0 Å². The first-order valence-electron chi connectivity index (χ1n) is 8.09. The van der Waals surface area contributed by atoms with Crippen LogP contribution in [-0.4, -0.2) is 30.6 Å². The van der Waals surface area contributed by atoms with Crippen molar-refractivity contribution in [3.05, 3.63) is 71.2 Å². The zero-order valence-corrected chi connectivity index (χ0v) is 14.0. The fourth-order valence-electron chi connectivity index (χ4n) is 2.85. The Morgan fingerprint density at radius 2 is 2.00 bits per heavy atom. The summed E-state index contributed by atoms with van der Waals surface area (Å²) in [5.74, 6) is 0.457. The maximum atomic E-state index is 12.3. The lowest BCUT2D eigenvalue weighted by Crippen LogP contribution is -2.18. The molecule has 0 fully saturated rings. The van der Waals surface area contributed by atoms with Crippen molar-refractivity contribution in [3.8, 4) is 11.4 Å². The standard InChI is InChI=1S/C18H14N6O3/c25-17(21-14-3-1-12(2-4-14)18-19-11-20-22-18)10-23-8-7-13-9-15(24(26)27)5-6-16(13)23/h1-9,11H,10H2,(H,21,25)(H,19,20,22). The van der Waals surface area contributed by atoms with Gasteiger partial charge in [0.2, 0.25) is 5.91 Å². The lowest BCUT2D eigenvalue weighted by atomic mass is 10.2. The highest BCUT2D eigenvalue weighted by Crippen LogP contribution is 2.22. The van der Waals surface area contributed by atoms with Gasteiger partial charge in [0, 0.05) is 40.5 Å². The smallest absolute Gasteiger partial charge is 0.270 e. The lowest BCUT2D eigenvalue weighted by Gasteiger charge is -2.08. The van der Waals surface area contributed by atoms with Gasteiger partial charge in [0.05, 0.1) is 4.92 Å². The van der Waals surface area contributed by atoms with Crippen LogP contribution < -0.4 is 5.32 Å². The number of benzene rings is 2. The first-order valence-corrected chi connectivity index (χ1v) is 8.09. The van der Waals surface area contributed by atoms with Crippen LogP contribution in [0.2, 0.25) is 0 Å². The third-order valence-electron chi connectivity index (χ3n) is 4.14. The molecule has 0 aliphatic rings. The maximum absolute atomic E-state index is 12.3. The number of hydrogen-bond donors (Lipinski definition) is 2. The molecular formula is C18H14N6O3. The van der Waals surface area contributed by atoms with Gasteiger partial charge in [-0.25, -0.2) is 4.98 Å². The third kappa shape index (κ3) is 3.38. The van der Waals surface area contributed by atoms with Crippen molar-refractivity contribution in [1.82, 2.24) is 19.7 Å². The molecule has 0 atom stereocenters. The topological polar surface area (TPSA) is 119 Å². The van der Waals surface area contributed by atoms with E-state index in [-0.39, 0.29) is 18.1 Å². The fraction of sp³-hybridized carbons (Fsp3) is 0.0556. The molecule has 1 amide bonds. The van der Waals surface area contributed by atoms with E-state index < -0.39 is 4.92 Å². The number of aromatic nitrogens is 4. The van der Waals surface area contributed by atoms with Crippen LogP contribution >= 0.6 is 0 Å². The number of non-ortho nitro benzene ring substituents is 1. The van der Waals surface area contributed by atoms with Crippen molar-refractivity contribution >= 4 is 28.2 Å². The molecule has 2 N–H and O–H groups in total. The Morgan fingerprint density at radius 3 is 2.70 bits per heavy atom. The number of aromatic amines is 1. The predicted octanol–water partition coefficient (Wildman–Crippen LogP) is 2.97. The summed E-state index contributed by atoms with van der Waals surface area (Å²) in [6.07, 6.45) is 3.17. The van der Waals surface area contributed by atoms with Gasteiger partial charge in [0.1, 0.15) is 12.9 Å². The number of nitrogens with one attached hydrogen (secondary N) is 2. The van der Waals surface area contributed by atoms with E-state index >= 15 is 0 Å². The number of anilines is 1. The molecule has 2 heterocycles. The summed E-state index contributed by atoms with van der Waals surface area (Å²) in [5.41, 5.74) is 2.31. The number of amides is 1. The quantitative estimate of drug-likeness (QED) is 0.418. The largest absolute Gasteiger partial charge is 0.338 e. The number of carbonyl (C=O) groups excluding carboxylic acids is 1. The molecule has 0 unspecified atom stereocenters. The number of H-pyrrole nitrogens is 1. The summed E-state index contributed by atoms with van der Waals surface area (Å²) in [5, 5.41) is 21.0. The van der Waals surface area contributed by atoms with Gasteiger partial charge in [-0.15, -0.1) is 0 Å². The molecule has 0 saturated carbocycles. The van der Waals surface area contributed by atoms with Crippen molar-refractivity contribution in [2.24, 2.45) is 0 Å². The predicted molar refractivity (Wildman–Crippen MR) is 99.0 cm³/mol. The van der Waals surface area contributed by atoms with Gasteiger partial charge in [-0.1, -0.05) is 0 Å². The van der Waals surface area contributed by atoms with E-state index in [0.29, 0.717) is 16.9 Å². The van der Waals surface area contributed by atoms with Gasteiger partial charge in [0.15, 0.2) is 5.82 Å². The molecule has 0 radical (unpaired) electrons. The van der Waals surface area contributed by atoms with Crippen molar-refractivity contribution in [2.75, 3.05) is 5.32 Å². The minimum absolute atomic E-state index is 0.0246. The first kappa shape index (κ1) is 16.5. The van der Waals surface area contributed by atoms with E-state index in [1.54, 1.807) is 35.0 Å². The molecule has 134 valence electrons. The summed E-state index contributed by atoms with van der Waals surface area (Å²) in [6, 6.07) is 13.6. The Balaban J connectivity index is 1.46. The molecule has 2 aromatic heterocycles. The molecule has 9 nitrogen and oxygen atoms in total. The minimum Gasteiger partial charge on any atom is -0.338 e. The highest BCUT2D eigenvalue weighted by Gasteiger charge is 2.11. The number of nitrogens with zero attached hydrogens (tertiary/aromatic N) is 4. The Hall–Kier alpha value is -4.01. The zero-order chi connectivity index (χ0) is 18.8. The fourth-order valence-corrected chi connectivity index (χ4v) is 2.85. The van der Waals surface area contributed by atoms with Crippen molar-refractivity contribution in [1.29, 1.82) is 0 Å². The normalized spacial score (nSPS) is 10.8. The number of rotatable bonds is 5. The number of hydrogen-bond acceptors (Lipinski definition) is 5. The van der Waals surface area contributed by atoms with Gasteiger partial charge in [-0.3, -0.25) is 20.0 Å². The average molecular weight is 362 g/mol. The second-order valence-corrected chi connectivity index (χ2v) is 5.90. The highest BCUT2D eigenvalue weighted by molar-refractivity contribution is 5.92. The average Bonchev–Trinajstić information content (AvgIpc) is 3.32. The number of fused-ring (bicyclic) bond motifs is 1. The Morgan fingerprint density at radius 1 is 1.19 bits per heavy atom. The Kier molecular flexibility index (Phi) is 4.09. The maximum Gasteiger partial charge on any atom is 0.270 e. The molecule has 0 aliphatic heterocycles. The van der Waals surface area contributed by atoms with E-state index in [1.807, 2.05) is 12.1 Å². The van der Waals surface area contributed by atoms with Crippen molar-refractivity contribution in [2.45, 2.75) is 6.54 Å². The second-order valence-electron chi connectivity index (χ2n) is 5.90. The summed E-state index contributed by atoms with van der Waals surface area (Å²) in [6.45, 7) is 0.102. The molecule has 0 saturated heterocycles. The van der Waals surface area contributed by atoms with Crippen LogP contribution in [-0.2, 0) is 11.3 Å². The highest BCUT2D eigenvalue weighted by atomic mass is 16.6. The molecule has 9 heteroatoms. The molecule has 0 spiro atoms. The summed E-state index contributed by atoms with van der Waals surface area (Å²) < 4.78 is 1.75. The summed E-state index contributed by atoms with van der Waals surface area (Å²) in [4.78, 5) is 26.8. The number of nitro benzene ring substituents is 1. The molecule has 4 aromatic rings. The zero-order valence-electron chi connectivity index (χ0n) is 14.0. The van der Waals surface area contributed by atoms with Crippen LogP contribution in [0.1, 0.15) is 0 Å². The van der Waals surface area contributed by atoms with Gasteiger partial charge < -0.3 is 9.88 Å². The Bertz CT molecular complexity index is 1120. The van der Waals surface area contributed by atoms with Gasteiger partial charge in [0.25, 0.3) is 5.69 Å². The number of nitro groups is 1. The molecular weight excluding hydrogens is 348 g/mol. The van der Waals surface area contributed by atoms with E-state index in [9.17, 15) is 14.9 Å². The molecule has 4 rings (SSSR count). The lowest BCUT2D eigenvalue weighted by molar-refractivity contribution is -0.384. The van der Waals surface area contributed by atoms with E-state index in [0.717, 1.165) is 11.1 Å². The van der Waals surface area contributed by atoms with Gasteiger partial charge in [-0.2, -0.15) is 5.10 Å². The van der Waals surface area contributed by atoms with Crippen molar-refractivity contribution < 1.29 is 9.72 Å². The summed E-state index contributed by atoms with van der Waals surface area (Å²) in [7, 11) is 0. The SMILES string of the molecule is O=C(Cn1ccc2cc([N+](=O)[O-])ccc21)Nc1ccc(-c2ncn[nH]2)cc1. The molecule has 0 bridgehead atoms. The third-order valence-corrected chi connectivity index (χ3v) is 4.14. The van der Waals surface area contributed by atoms with Crippen LogP contribution in [0.25, 0.3) is 22.3 Å². The van der Waals surface area contributed by atoms with Crippen molar-refractivity contribution in [3.63, 3.8) is 0 Å². The molecule has 2 aromatic carbocycles.